The average Bonchev–Trinajstić information content (AvgIpc) is 3.57. The molecule has 2 aromatic carbocycles. The number of hydrogen-bond acceptors (Lipinski definition) is 4. The van der Waals surface area contributed by atoms with Crippen LogP contribution in [0, 0.1) is 18.8 Å². The summed E-state index contributed by atoms with van der Waals surface area (Å²) in [5, 5.41) is 15.2. The summed E-state index contributed by atoms with van der Waals surface area (Å²) in [7, 11) is 0. The lowest BCUT2D eigenvalue weighted by Gasteiger charge is -2.39. The highest BCUT2D eigenvalue weighted by Gasteiger charge is 2.48. The monoisotopic (exact) mass is 556 g/mol. The molecular formula is C35H48N4O2. The van der Waals surface area contributed by atoms with Gasteiger partial charge in [-0.15, -0.1) is 0 Å². The van der Waals surface area contributed by atoms with Gasteiger partial charge in [-0.2, -0.15) is 5.10 Å². The maximum absolute atomic E-state index is 12.5. The van der Waals surface area contributed by atoms with Crippen LogP contribution in [-0.4, -0.2) is 68.9 Å². The second kappa shape index (κ2) is 12.5. The molecule has 0 bridgehead atoms. The van der Waals surface area contributed by atoms with Crippen LogP contribution in [0.15, 0.2) is 60.7 Å². The zero-order valence-corrected chi connectivity index (χ0v) is 25.6. The van der Waals surface area contributed by atoms with Crippen molar-refractivity contribution in [3.8, 4) is 0 Å². The Balaban J connectivity index is 1.28. The highest BCUT2D eigenvalue weighted by molar-refractivity contribution is 5.78. The van der Waals surface area contributed by atoms with Crippen molar-refractivity contribution < 1.29 is 9.90 Å². The van der Waals surface area contributed by atoms with E-state index in [1.165, 1.54) is 22.4 Å². The number of aliphatic carboxylic acids is 1. The second-order valence-corrected chi connectivity index (χ2v) is 12.9. The summed E-state index contributed by atoms with van der Waals surface area (Å²) in [4.78, 5) is 17.4. The lowest BCUT2D eigenvalue weighted by Crippen LogP contribution is -2.55. The molecule has 0 amide bonds. The number of piperidine rings is 1. The van der Waals surface area contributed by atoms with E-state index in [4.69, 9.17) is 5.10 Å². The SMILES string of the molecule is CCn1nc(Cc2ccccc2)cc1C1CCN(CC2CN(C(C)(C(=O)O)C(C)C)CC2c2cccc(C)c2)CC1. The van der Waals surface area contributed by atoms with E-state index in [9.17, 15) is 9.90 Å². The third kappa shape index (κ3) is 6.29. The number of hydrogen-bond donors (Lipinski definition) is 1. The second-order valence-electron chi connectivity index (χ2n) is 12.9. The first-order valence-electron chi connectivity index (χ1n) is 15.6. The lowest BCUT2D eigenvalue weighted by molar-refractivity contribution is -0.153. The summed E-state index contributed by atoms with van der Waals surface area (Å²) in [6.07, 6.45) is 3.16. The Labute approximate surface area is 246 Å². The van der Waals surface area contributed by atoms with Crippen molar-refractivity contribution in [3.05, 3.63) is 88.7 Å². The van der Waals surface area contributed by atoms with Crippen molar-refractivity contribution in [1.82, 2.24) is 19.6 Å². The van der Waals surface area contributed by atoms with Gasteiger partial charge in [0.05, 0.1) is 5.69 Å². The first-order chi connectivity index (χ1) is 19.7. The van der Waals surface area contributed by atoms with Crippen LogP contribution in [0.5, 0.6) is 0 Å². The Bertz CT molecular complexity index is 1310. The van der Waals surface area contributed by atoms with Crippen LogP contribution in [0.1, 0.15) is 80.5 Å². The zero-order valence-electron chi connectivity index (χ0n) is 25.6. The van der Waals surface area contributed by atoms with Gasteiger partial charge in [-0.05, 0) is 75.7 Å². The molecule has 3 heterocycles. The maximum Gasteiger partial charge on any atom is 0.324 e. The third-order valence-corrected chi connectivity index (χ3v) is 10.0. The van der Waals surface area contributed by atoms with E-state index in [-0.39, 0.29) is 5.92 Å². The minimum Gasteiger partial charge on any atom is -0.480 e. The molecule has 1 N–H and O–H groups in total. The van der Waals surface area contributed by atoms with Gasteiger partial charge in [0.2, 0.25) is 0 Å². The Morgan fingerprint density at radius 3 is 2.41 bits per heavy atom. The van der Waals surface area contributed by atoms with Crippen LogP contribution in [0.2, 0.25) is 0 Å². The molecule has 2 aliphatic heterocycles. The normalized spacial score (nSPS) is 22.3. The smallest absolute Gasteiger partial charge is 0.324 e. The van der Waals surface area contributed by atoms with E-state index < -0.39 is 11.5 Å². The van der Waals surface area contributed by atoms with Gasteiger partial charge >= 0.3 is 5.97 Å². The fourth-order valence-electron chi connectivity index (χ4n) is 7.16. The summed E-state index contributed by atoms with van der Waals surface area (Å²) >= 11 is 0. The Morgan fingerprint density at radius 2 is 1.78 bits per heavy atom. The minimum absolute atomic E-state index is 0.0304. The van der Waals surface area contributed by atoms with E-state index in [0.717, 1.165) is 64.2 Å². The average molecular weight is 557 g/mol. The summed E-state index contributed by atoms with van der Waals surface area (Å²) in [6.45, 7) is 16.0. The molecule has 2 fully saturated rings. The predicted molar refractivity (Wildman–Crippen MR) is 165 cm³/mol. The van der Waals surface area contributed by atoms with Crippen molar-refractivity contribution in [2.75, 3.05) is 32.7 Å². The molecule has 2 saturated heterocycles. The molecule has 0 radical (unpaired) electrons. The molecule has 0 spiro atoms. The number of carboxylic acid groups (broad SMARTS) is 1. The first kappa shape index (κ1) is 29.5. The van der Waals surface area contributed by atoms with Gasteiger partial charge in [0.25, 0.3) is 0 Å². The molecule has 1 aromatic heterocycles. The summed E-state index contributed by atoms with van der Waals surface area (Å²) in [6, 6.07) is 21.8. The van der Waals surface area contributed by atoms with Crippen LogP contribution >= 0.6 is 0 Å². The van der Waals surface area contributed by atoms with Gasteiger partial charge in [0, 0.05) is 50.1 Å². The number of aromatic nitrogens is 2. The minimum atomic E-state index is -0.861. The van der Waals surface area contributed by atoms with Gasteiger partial charge in [0.1, 0.15) is 5.54 Å². The van der Waals surface area contributed by atoms with E-state index in [2.05, 4.69) is 89.0 Å². The van der Waals surface area contributed by atoms with Crippen molar-refractivity contribution in [1.29, 1.82) is 0 Å². The van der Waals surface area contributed by atoms with Crippen LogP contribution in [0.4, 0.5) is 0 Å². The number of carboxylic acids is 1. The molecule has 3 atom stereocenters. The molecular weight excluding hydrogens is 508 g/mol. The van der Waals surface area contributed by atoms with Gasteiger partial charge < -0.3 is 10.0 Å². The Kier molecular flexibility index (Phi) is 9.00. The molecule has 41 heavy (non-hydrogen) atoms. The van der Waals surface area contributed by atoms with Gasteiger partial charge in [-0.3, -0.25) is 14.4 Å². The van der Waals surface area contributed by atoms with E-state index >= 15 is 0 Å². The molecule has 0 aliphatic carbocycles. The van der Waals surface area contributed by atoms with Crippen molar-refractivity contribution >= 4 is 5.97 Å². The lowest BCUT2D eigenvalue weighted by atomic mass is 9.86. The molecule has 6 nitrogen and oxygen atoms in total. The van der Waals surface area contributed by atoms with Crippen molar-refractivity contribution in [2.45, 2.75) is 77.8 Å². The molecule has 3 unspecified atom stereocenters. The van der Waals surface area contributed by atoms with Crippen LogP contribution in [-0.2, 0) is 17.8 Å². The summed E-state index contributed by atoms with van der Waals surface area (Å²) < 4.78 is 2.22. The van der Waals surface area contributed by atoms with Crippen LogP contribution in [0.25, 0.3) is 0 Å². The van der Waals surface area contributed by atoms with Crippen molar-refractivity contribution in [2.24, 2.45) is 11.8 Å². The van der Waals surface area contributed by atoms with E-state index in [1.54, 1.807) is 0 Å². The quantitative estimate of drug-likeness (QED) is 0.322. The highest BCUT2D eigenvalue weighted by atomic mass is 16.4. The Hall–Kier alpha value is -2.96. The maximum atomic E-state index is 12.5. The van der Waals surface area contributed by atoms with Crippen LogP contribution in [0.3, 0.4) is 0 Å². The number of nitrogens with zero attached hydrogens (tertiary/aromatic N) is 4. The van der Waals surface area contributed by atoms with Crippen molar-refractivity contribution in [3.63, 3.8) is 0 Å². The summed E-state index contributed by atoms with van der Waals surface area (Å²) in [5.74, 6) is 0.600. The Morgan fingerprint density at radius 1 is 1.05 bits per heavy atom. The number of aryl methyl sites for hydroxylation is 2. The molecule has 2 aliphatic rings. The van der Waals surface area contributed by atoms with E-state index in [0.29, 0.717) is 17.8 Å². The topological polar surface area (TPSA) is 61.6 Å². The number of carbonyl (C=O) groups is 1. The number of benzene rings is 2. The highest BCUT2D eigenvalue weighted by Crippen LogP contribution is 2.40. The number of rotatable bonds is 10. The number of likely N-dealkylation sites (tertiary alicyclic amines) is 2. The molecule has 5 rings (SSSR count). The predicted octanol–water partition coefficient (Wildman–Crippen LogP) is 6.20. The third-order valence-electron chi connectivity index (χ3n) is 10.0. The molecule has 220 valence electrons. The van der Waals surface area contributed by atoms with Gasteiger partial charge in [-0.25, -0.2) is 0 Å². The largest absolute Gasteiger partial charge is 0.480 e. The van der Waals surface area contributed by atoms with Crippen LogP contribution < -0.4 is 0 Å². The van der Waals surface area contributed by atoms with Gasteiger partial charge in [-0.1, -0.05) is 74.0 Å². The molecule has 3 aromatic rings. The summed E-state index contributed by atoms with van der Waals surface area (Å²) in [5.41, 5.74) is 5.61. The molecule has 0 saturated carbocycles. The van der Waals surface area contributed by atoms with E-state index in [1.807, 2.05) is 20.8 Å². The fourth-order valence-corrected chi connectivity index (χ4v) is 7.16. The molecule has 6 heteroatoms. The first-order valence-corrected chi connectivity index (χ1v) is 15.6. The zero-order chi connectivity index (χ0) is 29.1. The fraction of sp³-hybridized carbons (Fsp3) is 0.543. The van der Waals surface area contributed by atoms with Gasteiger partial charge in [0.15, 0.2) is 0 Å². The standard InChI is InChI=1S/C35H48N4O2/c1-6-39-33(21-31(36-39)20-27-12-8-7-9-13-27)28-15-17-37(18-16-28)22-30-23-38(35(5,25(2)3)34(40)41)24-32(30)29-14-10-11-26(4)19-29/h7-14,19,21,25,28,30,32H,6,15-18,20,22-24H2,1-5H3,(H,40,41).